The number of rotatable bonds is 0. The van der Waals surface area contributed by atoms with E-state index in [0.29, 0.717) is 0 Å². The largest absolute Gasteiger partial charge is 0.0687 e. The van der Waals surface area contributed by atoms with Crippen molar-refractivity contribution in [3.05, 3.63) is 46.7 Å². The van der Waals surface area contributed by atoms with Gasteiger partial charge in [0.15, 0.2) is 0 Å². The maximum Gasteiger partial charge on any atom is 0.0148 e. The summed E-state index contributed by atoms with van der Waals surface area (Å²) in [6, 6.07) is 0. The molecule has 0 N–H and O–H groups in total. The van der Waals surface area contributed by atoms with Crippen LogP contribution in [-0.2, 0) is 0 Å². The molecule has 0 saturated heterocycles. The summed E-state index contributed by atoms with van der Waals surface area (Å²) in [4.78, 5) is 0. The van der Waals surface area contributed by atoms with Crippen molar-refractivity contribution >= 4 is 17.2 Å². The molecule has 0 aromatic rings. The van der Waals surface area contributed by atoms with Crippen LogP contribution >= 0.6 is 12.2 Å². The fourth-order valence-electron chi connectivity index (χ4n) is 0.195. The molecule has 0 amide bonds. The molecular weight excluding hydrogens is 140 g/mol. The van der Waals surface area contributed by atoms with Crippen LogP contribution in [0.3, 0.4) is 0 Å². The Balaban J connectivity index is 5.30. The van der Waals surface area contributed by atoms with E-state index < -0.39 is 0 Å². The van der Waals surface area contributed by atoms with Crippen molar-refractivity contribution in [2.75, 3.05) is 0 Å². The summed E-state index contributed by atoms with van der Waals surface area (Å²) in [7, 11) is 0. The number of hydrogen-bond acceptors (Lipinski definition) is 1. The van der Waals surface area contributed by atoms with Gasteiger partial charge in [-0.15, -0.1) is 0 Å². The third-order valence-electron chi connectivity index (χ3n) is 0.452. The molecule has 1 heteroatoms. The van der Waals surface area contributed by atoms with E-state index in [4.69, 9.17) is 0 Å². The Morgan fingerprint density at radius 3 is 1.80 bits per heavy atom. The molecule has 0 radical (unpaired) electrons. The predicted molar refractivity (Wildman–Crippen MR) is 42.8 cm³/mol. The van der Waals surface area contributed by atoms with Crippen molar-refractivity contribution in [1.29, 1.82) is 0 Å². The quantitative estimate of drug-likeness (QED) is 0.367. The summed E-state index contributed by atoms with van der Waals surface area (Å²) in [5.41, 5.74) is 16.9. The Bertz CT molecular complexity index is 340. The Morgan fingerprint density at radius 2 is 1.30 bits per heavy atom. The first-order valence-electron chi connectivity index (χ1n) is 2.31. The van der Waals surface area contributed by atoms with Gasteiger partial charge in [0.05, 0.1) is 0 Å². The standard InChI is InChI=1S/C9H2S/c1-2-3-4-5-6-7-8-9-10/h1H2. The molecule has 0 rings (SSSR count). The third-order valence-corrected chi connectivity index (χ3v) is 0.554. The van der Waals surface area contributed by atoms with E-state index in [1.807, 2.05) is 0 Å². The van der Waals surface area contributed by atoms with Gasteiger partial charge in [-0.05, 0) is 36.0 Å². The molecule has 0 aromatic carbocycles. The average molecular weight is 142 g/mol. The molecule has 0 aliphatic rings. The maximum absolute atomic E-state index is 4.30. The topological polar surface area (TPSA) is 0 Å². The van der Waals surface area contributed by atoms with E-state index >= 15 is 0 Å². The highest BCUT2D eigenvalue weighted by Crippen LogP contribution is 1.51. The highest BCUT2D eigenvalue weighted by Gasteiger charge is 1.36. The van der Waals surface area contributed by atoms with Crippen LogP contribution in [0.2, 0.25) is 0 Å². The van der Waals surface area contributed by atoms with Crippen LogP contribution in [0.15, 0.2) is 46.7 Å². The van der Waals surface area contributed by atoms with E-state index in [9.17, 15) is 0 Å². The Labute approximate surface area is 64.5 Å². The summed E-state index contributed by atoms with van der Waals surface area (Å²) in [6.45, 7) is 3.26. The first-order valence-corrected chi connectivity index (χ1v) is 2.72. The van der Waals surface area contributed by atoms with Gasteiger partial charge in [-0.3, -0.25) is 0 Å². The molecule has 10 heavy (non-hydrogen) atoms. The van der Waals surface area contributed by atoms with E-state index in [1.165, 1.54) is 0 Å². The fraction of sp³-hybridized carbons (Fsp3) is 0. The normalized spacial score (nSPS) is 3.60. The predicted octanol–water partition coefficient (Wildman–Crippen LogP) is 1.86. The van der Waals surface area contributed by atoms with Crippen molar-refractivity contribution in [3.63, 3.8) is 0 Å². The molecule has 44 valence electrons. The van der Waals surface area contributed by atoms with Crippen molar-refractivity contribution in [3.8, 4) is 0 Å². The van der Waals surface area contributed by atoms with Crippen molar-refractivity contribution in [1.82, 2.24) is 0 Å². The Morgan fingerprint density at radius 1 is 0.800 bits per heavy atom. The van der Waals surface area contributed by atoms with Crippen LogP contribution in [-0.4, -0.2) is 5.02 Å². The summed E-state index contributed by atoms with van der Waals surface area (Å²) in [5.74, 6) is 0. The minimum Gasteiger partial charge on any atom is -0.0687 e. The zero-order valence-corrected chi connectivity index (χ0v) is 5.93. The van der Waals surface area contributed by atoms with Gasteiger partial charge in [-0.2, -0.15) is 0 Å². The summed E-state index contributed by atoms with van der Waals surface area (Å²) in [5, 5.41) is 2.20. The molecule has 0 spiro atoms. The molecule has 0 atom stereocenters. The Kier molecular flexibility index (Phi) is 6.11. The highest BCUT2D eigenvalue weighted by atomic mass is 32.1. The molecule has 0 nitrogen and oxygen atoms in total. The van der Waals surface area contributed by atoms with Gasteiger partial charge in [-0.1, -0.05) is 5.73 Å². The number of thiocarbonyl (C=S) groups is 1. The second-order valence-corrected chi connectivity index (χ2v) is 1.23. The smallest absolute Gasteiger partial charge is 0.0148 e. The van der Waals surface area contributed by atoms with Crippen LogP contribution in [0.4, 0.5) is 0 Å². The van der Waals surface area contributed by atoms with Gasteiger partial charge in [0.2, 0.25) is 0 Å². The SMILES string of the molecule is C=C=C=C=C=C=C=C=C=S. The van der Waals surface area contributed by atoms with Crippen LogP contribution in [0.5, 0.6) is 0 Å². The summed E-state index contributed by atoms with van der Waals surface area (Å²) < 4.78 is 0. The molecule has 0 heterocycles. The highest BCUT2D eigenvalue weighted by molar-refractivity contribution is 7.78. The van der Waals surface area contributed by atoms with Gasteiger partial charge in [0.25, 0.3) is 0 Å². The molecular formula is C9H2S. The second kappa shape index (κ2) is 7.33. The maximum atomic E-state index is 4.30. The first kappa shape index (κ1) is 8.33. The van der Waals surface area contributed by atoms with Crippen LogP contribution in [0.25, 0.3) is 0 Å². The lowest BCUT2D eigenvalue weighted by Gasteiger charge is -1.36. The molecule has 0 aliphatic carbocycles. The summed E-state index contributed by atoms with van der Waals surface area (Å²) >= 11 is 4.30. The molecule has 0 saturated carbocycles. The zero-order valence-electron chi connectivity index (χ0n) is 5.12. The fourth-order valence-corrected chi connectivity index (χ4v) is 0.246. The van der Waals surface area contributed by atoms with E-state index in [-0.39, 0.29) is 0 Å². The molecule has 0 aliphatic heterocycles. The zero-order chi connectivity index (χ0) is 7.66. The van der Waals surface area contributed by atoms with Gasteiger partial charge in [-0.25, -0.2) is 0 Å². The first-order chi connectivity index (χ1) is 4.91. The van der Waals surface area contributed by atoms with Gasteiger partial charge >= 0.3 is 0 Å². The minimum atomic E-state index is 2.20. The molecule has 0 fully saturated rings. The van der Waals surface area contributed by atoms with E-state index in [1.54, 1.807) is 0 Å². The van der Waals surface area contributed by atoms with Crippen molar-refractivity contribution in [2.45, 2.75) is 0 Å². The minimum absolute atomic E-state index is 2.20. The lowest BCUT2D eigenvalue weighted by Crippen LogP contribution is -1.24. The Hall–Kier alpha value is -1.67. The van der Waals surface area contributed by atoms with Crippen molar-refractivity contribution < 1.29 is 0 Å². The lowest BCUT2D eigenvalue weighted by molar-refractivity contribution is 2.18. The average Bonchev–Trinajstić information content (AvgIpc) is 1.97. The lowest BCUT2D eigenvalue weighted by atomic mass is 10.7. The van der Waals surface area contributed by atoms with Gasteiger partial charge in [0.1, 0.15) is 0 Å². The van der Waals surface area contributed by atoms with E-state index in [0.717, 1.165) is 0 Å². The summed E-state index contributed by atoms with van der Waals surface area (Å²) in [6.07, 6.45) is 0. The van der Waals surface area contributed by atoms with Crippen LogP contribution in [0.1, 0.15) is 0 Å². The van der Waals surface area contributed by atoms with Crippen LogP contribution < -0.4 is 0 Å². The third kappa shape index (κ3) is 6.33. The molecule has 0 aromatic heterocycles. The number of hydrogen-bond donors (Lipinski definition) is 0. The van der Waals surface area contributed by atoms with Gasteiger partial charge in [0, 0.05) is 22.2 Å². The second-order valence-electron chi connectivity index (χ2n) is 1.03. The van der Waals surface area contributed by atoms with E-state index in [2.05, 4.69) is 63.9 Å². The van der Waals surface area contributed by atoms with Gasteiger partial charge < -0.3 is 0 Å². The molecule has 0 unspecified atom stereocenters. The monoisotopic (exact) mass is 142 g/mol. The molecule has 0 bridgehead atoms. The van der Waals surface area contributed by atoms with Crippen molar-refractivity contribution in [2.24, 2.45) is 0 Å². The van der Waals surface area contributed by atoms with Crippen LogP contribution in [0, 0.1) is 0 Å².